The van der Waals surface area contributed by atoms with Crippen LogP contribution in [0.2, 0.25) is 0 Å². The lowest BCUT2D eigenvalue weighted by atomic mass is 9.38. The van der Waals surface area contributed by atoms with Crippen LogP contribution >= 0.6 is 0 Å². The van der Waals surface area contributed by atoms with Crippen molar-refractivity contribution in [3.05, 3.63) is 76.4 Å². The maximum atomic E-state index is 15.2. The second-order valence-corrected chi connectivity index (χ2v) is 14.5. The van der Waals surface area contributed by atoms with E-state index in [1.54, 1.807) is 0 Å². The summed E-state index contributed by atoms with van der Waals surface area (Å²) in [5, 5.41) is 22.0. The molecule has 0 radical (unpaired) electrons. The van der Waals surface area contributed by atoms with Crippen LogP contribution < -0.4 is 4.74 Å². The lowest BCUT2D eigenvalue weighted by Gasteiger charge is -2.60. The Labute approximate surface area is 269 Å². The van der Waals surface area contributed by atoms with Crippen molar-refractivity contribution in [2.24, 2.45) is 28.1 Å². The zero-order valence-electron chi connectivity index (χ0n) is 28.9. The van der Waals surface area contributed by atoms with Gasteiger partial charge in [0.1, 0.15) is 16.7 Å². The third kappa shape index (κ3) is 6.39. The number of methoxy groups -OCH3 is 1. The number of carbonyl (C=O) groups excluding carboxylic acids is 3. The molecule has 0 spiro atoms. The summed E-state index contributed by atoms with van der Waals surface area (Å²) in [6, 6.07) is 4.18. The second kappa shape index (κ2) is 13.4. The largest absolute Gasteiger partial charge is 0.506 e. The van der Waals surface area contributed by atoms with E-state index in [0.717, 1.165) is 22.3 Å². The summed E-state index contributed by atoms with van der Waals surface area (Å²) >= 11 is 0. The van der Waals surface area contributed by atoms with Crippen LogP contribution in [0.5, 0.6) is 11.5 Å². The first kappa shape index (κ1) is 35.8. The molecule has 2 fully saturated rings. The lowest BCUT2D eigenvalue weighted by molar-refractivity contribution is -0.177. The number of Topliss-reactive ketones (excluding diaryl/α,β-unsaturated/α-hetero) is 3. The van der Waals surface area contributed by atoms with Crippen molar-refractivity contribution in [2.75, 3.05) is 7.11 Å². The van der Waals surface area contributed by atoms with Gasteiger partial charge in [0.25, 0.3) is 0 Å². The van der Waals surface area contributed by atoms with Crippen molar-refractivity contribution in [3.8, 4) is 11.5 Å². The Balaban J connectivity index is 2.47. The lowest BCUT2D eigenvalue weighted by Crippen LogP contribution is -2.69. The van der Waals surface area contributed by atoms with Crippen molar-refractivity contribution in [2.45, 2.75) is 94.4 Å². The molecule has 4 atom stereocenters. The number of aliphatic hydroxyl groups is 1. The quantitative estimate of drug-likeness (QED) is 0.0846. The van der Waals surface area contributed by atoms with Gasteiger partial charge in [-0.2, -0.15) is 0 Å². The Morgan fingerprint density at radius 1 is 0.978 bits per heavy atom. The molecule has 0 saturated heterocycles. The van der Waals surface area contributed by atoms with Crippen molar-refractivity contribution in [1.82, 2.24) is 0 Å². The first-order valence-electron chi connectivity index (χ1n) is 15.9. The number of phenols is 1. The van der Waals surface area contributed by atoms with Gasteiger partial charge in [-0.3, -0.25) is 14.4 Å². The van der Waals surface area contributed by atoms with Crippen LogP contribution in [-0.2, 0) is 14.4 Å². The van der Waals surface area contributed by atoms with E-state index in [-0.39, 0.29) is 59.5 Å². The Morgan fingerprint density at radius 3 is 2.11 bits per heavy atom. The maximum absolute atomic E-state index is 15.2. The van der Waals surface area contributed by atoms with Gasteiger partial charge in [0.05, 0.1) is 12.5 Å². The number of aliphatic hydroxyl groups excluding tert-OH is 1. The Kier molecular flexibility index (Phi) is 10.6. The summed E-state index contributed by atoms with van der Waals surface area (Å²) in [4.78, 5) is 45.2. The summed E-state index contributed by atoms with van der Waals surface area (Å²) in [6.45, 7) is 22.0. The molecule has 2 aliphatic rings. The highest BCUT2D eigenvalue weighted by molar-refractivity contribution is 6.41. The average molecular weight is 617 g/mol. The monoisotopic (exact) mass is 616 g/mol. The predicted molar refractivity (Wildman–Crippen MR) is 181 cm³/mol. The van der Waals surface area contributed by atoms with Crippen LogP contribution in [0.4, 0.5) is 0 Å². The zero-order valence-corrected chi connectivity index (χ0v) is 28.9. The minimum atomic E-state index is -1.59. The molecule has 2 bridgehead atoms. The molecule has 2 N–H and O–H groups in total. The van der Waals surface area contributed by atoms with E-state index >= 15 is 4.79 Å². The van der Waals surface area contributed by atoms with Crippen LogP contribution in [0.15, 0.2) is 70.9 Å². The highest BCUT2D eigenvalue weighted by atomic mass is 16.5. The van der Waals surface area contributed by atoms with Gasteiger partial charge in [-0.15, -0.1) is 0 Å². The van der Waals surface area contributed by atoms with E-state index < -0.39 is 33.6 Å². The van der Waals surface area contributed by atoms with Gasteiger partial charge in [0.2, 0.25) is 0 Å². The number of phenolic OH excluding ortho intramolecular Hbond substituents is 1. The van der Waals surface area contributed by atoms with E-state index in [4.69, 9.17) is 4.74 Å². The number of ketones is 3. The Bertz CT molecular complexity index is 1500. The molecule has 6 nitrogen and oxygen atoms in total. The number of ether oxygens (including phenoxy) is 1. The molecule has 0 aromatic heterocycles. The number of benzene rings is 1. The summed E-state index contributed by atoms with van der Waals surface area (Å²) < 4.78 is 5.26. The molecule has 244 valence electrons. The molecule has 0 unspecified atom stereocenters. The molecule has 0 heterocycles. The van der Waals surface area contributed by atoms with Crippen LogP contribution in [0.3, 0.4) is 0 Å². The summed E-state index contributed by atoms with van der Waals surface area (Å²) in [5.74, 6) is -2.52. The smallest absolute Gasteiger partial charge is 0.184 e. The number of allylic oxidation sites excluding steroid dienone is 8. The molecule has 0 aliphatic heterocycles. The third-order valence-electron chi connectivity index (χ3n) is 10.2. The number of carbonyl (C=O) groups is 3. The molecule has 1 aromatic carbocycles. The summed E-state index contributed by atoms with van der Waals surface area (Å²) in [7, 11) is 1.38. The SMILES string of the molecule is C=C(C)[C@@H](CC=C(C)C)C[C@@]12C[C@@H](CC=C(C)C)C(C)(C)[C@@](CC=C(C)C)(C(=O)/C(=C(\O)c3ccc(O)c(OC)c3)C1=O)C2=O. The molecule has 2 saturated carbocycles. The minimum Gasteiger partial charge on any atom is -0.506 e. The molecule has 6 heteroatoms. The zero-order chi connectivity index (χ0) is 34.1. The van der Waals surface area contributed by atoms with Crippen LogP contribution in [0, 0.1) is 28.1 Å². The number of rotatable bonds is 11. The van der Waals surface area contributed by atoms with E-state index in [2.05, 4.69) is 18.7 Å². The van der Waals surface area contributed by atoms with Gasteiger partial charge in [0, 0.05) is 5.56 Å². The molecule has 45 heavy (non-hydrogen) atoms. The first-order chi connectivity index (χ1) is 20.9. The van der Waals surface area contributed by atoms with Gasteiger partial charge in [-0.1, -0.05) is 60.9 Å². The van der Waals surface area contributed by atoms with Gasteiger partial charge in [-0.05, 0) is 116 Å². The Hall–Kier alpha value is -3.67. The molecule has 1 aromatic rings. The first-order valence-corrected chi connectivity index (χ1v) is 15.9. The maximum Gasteiger partial charge on any atom is 0.184 e. The van der Waals surface area contributed by atoms with Crippen LogP contribution in [0.25, 0.3) is 5.76 Å². The van der Waals surface area contributed by atoms with E-state index in [0.29, 0.717) is 12.8 Å². The number of fused-ring (bicyclic) bond motifs is 2. The van der Waals surface area contributed by atoms with Crippen LogP contribution in [0.1, 0.15) is 100.0 Å². The molecular weight excluding hydrogens is 564 g/mol. The van der Waals surface area contributed by atoms with Crippen molar-refractivity contribution in [3.63, 3.8) is 0 Å². The van der Waals surface area contributed by atoms with Crippen molar-refractivity contribution in [1.29, 1.82) is 0 Å². The fourth-order valence-electron chi connectivity index (χ4n) is 7.24. The van der Waals surface area contributed by atoms with E-state index in [1.807, 2.05) is 68.4 Å². The molecular formula is C39H52O6. The van der Waals surface area contributed by atoms with Gasteiger partial charge >= 0.3 is 0 Å². The topological polar surface area (TPSA) is 101 Å². The number of hydrogen-bond acceptors (Lipinski definition) is 6. The molecule has 0 amide bonds. The summed E-state index contributed by atoms with van der Waals surface area (Å²) in [6.07, 6.45) is 7.96. The molecule has 2 aliphatic carbocycles. The third-order valence-corrected chi connectivity index (χ3v) is 10.2. The standard InChI is InChI=1S/C39H52O6/c1-23(2)12-14-28(26(7)8)21-38-22-29(16-13-24(3)4)37(9,10)39(36(38)44,19-18-25(5)6)35(43)32(34(38)42)33(41)27-15-17-30(40)31(20-27)45-11/h12-13,15,17-18,20,28-29,40-41H,7,14,16,19,21-22H2,1-6,8-11H3/b33-32-/t28-,29+,38+,39-/m0/s1. The Morgan fingerprint density at radius 2 is 1.58 bits per heavy atom. The van der Waals surface area contributed by atoms with Crippen LogP contribution in [-0.4, -0.2) is 34.7 Å². The van der Waals surface area contributed by atoms with E-state index in [9.17, 15) is 19.8 Å². The van der Waals surface area contributed by atoms with Gasteiger partial charge in [0.15, 0.2) is 28.8 Å². The fraction of sp³-hybridized carbons (Fsp3) is 0.513. The average Bonchev–Trinajstić information content (AvgIpc) is 2.94. The molecule has 3 rings (SSSR count). The highest BCUT2D eigenvalue weighted by Crippen LogP contribution is 2.66. The van der Waals surface area contributed by atoms with Gasteiger partial charge in [-0.25, -0.2) is 0 Å². The predicted octanol–water partition coefficient (Wildman–Crippen LogP) is 9.06. The highest BCUT2D eigenvalue weighted by Gasteiger charge is 2.74. The van der Waals surface area contributed by atoms with Crippen molar-refractivity contribution >= 4 is 23.1 Å². The van der Waals surface area contributed by atoms with E-state index in [1.165, 1.54) is 25.3 Å². The summed E-state index contributed by atoms with van der Waals surface area (Å²) in [5.41, 5.74) is -0.102. The van der Waals surface area contributed by atoms with Crippen molar-refractivity contribution < 1.29 is 29.3 Å². The fourth-order valence-corrected chi connectivity index (χ4v) is 7.24. The second-order valence-electron chi connectivity index (χ2n) is 14.5. The van der Waals surface area contributed by atoms with Gasteiger partial charge < -0.3 is 14.9 Å². The minimum absolute atomic E-state index is 0.0896. The number of aromatic hydroxyl groups is 1. The normalized spacial score (nSPS) is 25.6. The number of hydrogen-bond donors (Lipinski definition) is 2.